The van der Waals surface area contributed by atoms with E-state index in [2.05, 4.69) is 26.8 Å². The summed E-state index contributed by atoms with van der Waals surface area (Å²) in [4.78, 5) is 13.0. The number of carbonyl (C=O) groups excluding carboxylic acids is 1. The molecule has 0 N–H and O–H groups in total. The van der Waals surface area contributed by atoms with Crippen molar-refractivity contribution in [2.75, 3.05) is 7.11 Å². The number of ether oxygens (including phenoxy) is 1. The SMILES string of the molecule is COC(=O)[C@@]12CC3CC(C[C@@]4(C)[C@H]1CCC1=CC(C(C)C)CC[C@@H]14)C32. The van der Waals surface area contributed by atoms with Gasteiger partial charge in [0.25, 0.3) is 0 Å². The van der Waals surface area contributed by atoms with Gasteiger partial charge in [0.1, 0.15) is 0 Å². The fraction of sp³-hybridized carbons (Fsp3) is 0.870. The molecule has 5 aliphatic carbocycles. The molecule has 0 aromatic heterocycles. The van der Waals surface area contributed by atoms with Crippen molar-refractivity contribution in [2.24, 2.45) is 52.3 Å². The lowest BCUT2D eigenvalue weighted by atomic mass is 9.28. The average Bonchev–Trinajstić information content (AvgIpc) is 2.56. The van der Waals surface area contributed by atoms with Crippen LogP contribution in [0.5, 0.6) is 0 Å². The Bertz CT molecular complexity index is 634. The molecule has 4 saturated carbocycles. The second-order valence-corrected chi connectivity index (χ2v) is 10.6. The van der Waals surface area contributed by atoms with E-state index in [-0.39, 0.29) is 11.4 Å². The number of methoxy groups -OCH3 is 1. The Morgan fingerprint density at radius 1 is 1.20 bits per heavy atom. The molecular formula is C23H34O2. The quantitative estimate of drug-likeness (QED) is 0.507. The van der Waals surface area contributed by atoms with Gasteiger partial charge in [-0.05, 0) is 91.8 Å². The van der Waals surface area contributed by atoms with Gasteiger partial charge in [0.05, 0.1) is 12.5 Å². The fourth-order valence-electron chi connectivity index (χ4n) is 8.60. The Balaban J connectivity index is 1.53. The Morgan fingerprint density at radius 3 is 2.64 bits per heavy atom. The molecule has 0 radical (unpaired) electrons. The third-order valence-electron chi connectivity index (χ3n) is 9.54. The molecule has 5 aliphatic rings. The highest BCUT2D eigenvalue weighted by Crippen LogP contribution is 2.79. The van der Waals surface area contributed by atoms with Gasteiger partial charge in [-0.2, -0.15) is 0 Å². The Morgan fingerprint density at radius 2 is 1.96 bits per heavy atom. The van der Waals surface area contributed by atoms with Crippen molar-refractivity contribution in [1.82, 2.24) is 0 Å². The zero-order valence-electron chi connectivity index (χ0n) is 16.4. The summed E-state index contributed by atoms with van der Waals surface area (Å²) < 4.78 is 5.41. The summed E-state index contributed by atoms with van der Waals surface area (Å²) in [7, 11) is 1.62. The second kappa shape index (κ2) is 5.14. The maximum Gasteiger partial charge on any atom is 0.312 e. The monoisotopic (exact) mass is 342 g/mol. The van der Waals surface area contributed by atoms with Crippen molar-refractivity contribution in [3.63, 3.8) is 0 Å². The van der Waals surface area contributed by atoms with Crippen LogP contribution in [-0.2, 0) is 9.53 Å². The zero-order chi connectivity index (χ0) is 17.6. The predicted molar refractivity (Wildman–Crippen MR) is 98.7 cm³/mol. The third kappa shape index (κ3) is 1.85. The topological polar surface area (TPSA) is 26.3 Å². The van der Waals surface area contributed by atoms with Crippen LogP contribution in [0, 0.1) is 52.3 Å². The van der Waals surface area contributed by atoms with Crippen LogP contribution in [0.15, 0.2) is 11.6 Å². The summed E-state index contributed by atoms with van der Waals surface area (Å²) in [5.74, 6) is 5.24. The molecule has 0 bridgehead atoms. The Hall–Kier alpha value is -0.790. The van der Waals surface area contributed by atoms with Crippen LogP contribution >= 0.6 is 0 Å². The molecule has 0 heterocycles. The molecule has 0 saturated heterocycles. The first-order chi connectivity index (χ1) is 11.9. The highest BCUT2D eigenvalue weighted by molar-refractivity contribution is 5.80. The molecule has 0 spiro atoms. The number of carbonyl (C=O) groups is 1. The molecule has 138 valence electrons. The lowest BCUT2D eigenvalue weighted by molar-refractivity contribution is -0.276. The van der Waals surface area contributed by atoms with Gasteiger partial charge in [0.15, 0.2) is 0 Å². The Labute approximate surface area is 152 Å². The van der Waals surface area contributed by atoms with Gasteiger partial charge in [0, 0.05) is 0 Å². The lowest BCUT2D eigenvalue weighted by Crippen LogP contribution is -2.73. The molecule has 0 amide bonds. The van der Waals surface area contributed by atoms with Crippen molar-refractivity contribution in [1.29, 1.82) is 0 Å². The molecular weight excluding hydrogens is 308 g/mol. The van der Waals surface area contributed by atoms with E-state index in [1.54, 1.807) is 12.7 Å². The first kappa shape index (κ1) is 16.4. The number of fused-ring (bicyclic) bond motifs is 4. The molecule has 25 heavy (non-hydrogen) atoms. The third-order valence-corrected chi connectivity index (χ3v) is 9.54. The Kier molecular flexibility index (Phi) is 3.37. The van der Waals surface area contributed by atoms with E-state index in [0.29, 0.717) is 17.3 Å². The van der Waals surface area contributed by atoms with Crippen molar-refractivity contribution in [3.8, 4) is 0 Å². The van der Waals surface area contributed by atoms with E-state index in [1.807, 2.05) is 0 Å². The fourth-order valence-corrected chi connectivity index (χ4v) is 8.60. The van der Waals surface area contributed by atoms with Crippen molar-refractivity contribution in [2.45, 2.75) is 65.7 Å². The average molecular weight is 343 g/mol. The number of hydrogen-bond acceptors (Lipinski definition) is 2. The molecule has 8 atom stereocenters. The van der Waals surface area contributed by atoms with E-state index in [1.165, 1.54) is 38.5 Å². The summed E-state index contributed by atoms with van der Waals surface area (Å²) in [5, 5.41) is 0. The van der Waals surface area contributed by atoms with Crippen molar-refractivity contribution >= 4 is 5.97 Å². The zero-order valence-corrected chi connectivity index (χ0v) is 16.4. The van der Waals surface area contributed by atoms with Crippen LogP contribution in [0.1, 0.15) is 65.7 Å². The van der Waals surface area contributed by atoms with Crippen LogP contribution in [0.3, 0.4) is 0 Å². The first-order valence-corrected chi connectivity index (χ1v) is 10.7. The minimum atomic E-state index is -0.115. The standard InChI is InChI=1S/C23H34O2/c1-13(2)14-5-7-18-15(9-14)6-8-19-22(18,3)11-16-10-17-12-23(19,20(16)17)21(24)25-4/h9,13-14,16-20H,5-8,10-12H2,1-4H3/t14?,16?,17?,18-,19+,20?,22+,23-/m0/s1. The van der Waals surface area contributed by atoms with Gasteiger partial charge in [0.2, 0.25) is 0 Å². The highest BCUT2D eigenvalue weighted by Gasteiger charge is 2.76. The first-order valence-electron chi connectivity index (χ1n) is 10.7. The van der Waals surface area contributed by atoms with Gasteiger partial charge in [-0.3, -0.25) is 4.79 Å². The number of esters is 1. The minimum Gasteiger partial charge on any atom is -0.469 e. The molecule has 4 fully saturated rings. The van der Waals surface area contributed by atoms with Gasteiger partial charge >= 0.3 is 5.97 Å². The number of allylic oxidation sites excluding steroid dienone is 2. The van der Waals surface area contributed by atoms with Crippen molar-refractivity contribution in [3.05, 3.63) is 11.6 Å². The van der Waals surface area contributed by atoms with E-state index in [4.69, 9.17) is 4.74 Å². The van der Waals surface area contributed by atoms with Gasteiger partial charge < -0.3 is 4.74 Å². The summed E-state index contributed by atoms with van der Waals surface area (Å²) in [6.07, 6.45) is 11.7. The van der Waals surface area contributed by atoms with E-state index in [0.717, 1.165) is 36.0 Å². The maximum absolute atomic E-state index is 13.0. The summed E-state index contributed by atoms with van der Waals surface area (Å²) in [6.45, 7) is 7.29. The van der Waals surface area contributed by atoms with Crippen LogP contribution < -0.4 is 0 Å². The van der Waals surface area contributed by atoms with Gasteiger partial charge in [-0.1, -0.05) is 32.4 Å². The second-order valence-electron chi connectivity index (χ2n) is 10.6. The molecule has 0 aromatic carbocycles. The lowest BCUT2D eigenvalue weighted by Gasteiger charge is -2.75. The van der Waals surface area contributed by atoms with Gasteiger partial charge in [-0.15, -0.1) is 0 Å². The summed E-state index contributed by atoms with van der Waals surface area (Å²) in [6, 6.07) is 0. The molecule has 2 nitrogen and oxygen atoms in total. The van der Waals surface area contributed by atoms with E-state index in [9.17, 15) is 4.79 Å². The predicted octanol–water partition coefficient (Wildman–Crippen LogP) is 5.23. The van der Waals surface area contributed by atoms with Crippen LogP contribution in [0.2, 0.25) is 0 Å². The van der Waals surface area contributed by atoms with Crippen LogP contribution in [-0.4, -0.2) is 13.1 Å². The largest absolute Gasteiger partial charge is 0.469 e. The van der Waals surface area contributed by atoms with E-state index < -0.39 is 0 Å². The summed E-state index contributed by atoms with van der Waals surface area (Å²) >= 11 is 0. The normalized spacial score (nSPS) is 52.8. The molecule has 0 aliphatic heterocycles. The highest BCUT2D eigenvalue weighted by atomic mass is 16.5. The molecule has 2 heteroatoms. The maximum atomic E-state index is 13.0. The number of rotatable bonds is 2. The van der Waals surface area contributed by atoms with E-state index >= 15 is 0 Å². The number of hydrogen-bond donors (Lipinski definition) is 0. The van der Waals surface area contributed by atoms with Gasteiger partial charge in [-0.25, -0.2) is 0 Å². The van der Waals surface area contributed by atoms with Crippen molar-refractivity contribution < 1.29 is 9.53 Å². The van der Waals surface area contributed by atoms with Crippen LogP contribution in [0.4, 0.5) is 0 Å². The smallest absolute Gasteiger partial charge is 0.312 e. The molecule has 5 rings (SSSR count). The van der Waals surface area contributed by atoms with Crippen LogP contribution in [0.25, 0.3) is 0 Å². The minimum absolute atomic E-state index is 0.115. The molecule has 4 unspecified atom stereocenters. The molecule has 0 aromatic rings. The summed E-state index contributed by atoms with van der Waals surface area (Å²) in [5.41, 5.74) is 1.96.